The summed E-state index contributed by atoms with van der Waals surface area (Å²) in [4.78, 5) is 27.3. The molecule has 176 valence electrons. The summed E-state index contributed by atoms with van der Waals surface area (Å²) in [5.74, 6) is -1.11. The van der Waals surface area contributed by atoms with Crippen LogP contribution in [0.15, 0.2) is 48.0 Å². The van der Waals surface area contributed by atoms with E-state index in [-0.39, 0.29) is 36.0 Å². The lowest BCUT2D eigenvalue weighted by Crippen LogP contribution is -2.32. The Morgan fingerprint density at radius 3 is 2.55 bits per heavy atom. The Bertz CT molecular complexity index is 1050. The molecule has 8 nitrogen and oxygen atoms in total. The number of ether oxygens (including phenoxy) is 3. The lowest BCUT2D eigenvalue weighted by atomic mass is 9.95. The minimum atomic E-state index is -0.875. The van der Waals surface area contributed by atoms with E-state index in [1.807, 2.05) is 6.92 Å². The van der Waals surface area contributed by atoms with Gasteiger partial charge in [-0.25, -0.2) is 0 Å². The number of phenolic OH excluding ortho intramolecular Hbond substituents is 1. The molecule has 1 aliphatic rings. The highest BCUT2D eigenvalue weighted by molar-refractivity contribution is 6.46. The summed E-state index contributed by atoms with van der Waals surface area (Å²) in [5.41, 5.74) is 0.838. The van der Waals surface area contributed by atoms with Gasteiger partial charge in [0.2, 0.25) is 0 Å². The van der Waals surface area contributed by atoms with Gasteiger partial charge in [-0.3, -0.25) is 9.59 Å². The molecular weight excluding hydrogens is 426 g/mol. The first kappa shape index (κ1) is 24.1. The minimum Gasteiger partial charge on any atom is -0.507 e. The molecule has 33 heavy (non-hydrogen) atoms. The van der Waals surface area contributed by atoms with Crippen LogP contribution in [0.5, 0.6) is 17.2 Å². The Labute approximate surface area is 193 Å². The summed E-state index contributed by atoms with van der Waals surface area (Å²) < 4.78 is 16.2. The quantitative estimate of drug-likeness (QED) is 0.320. The predicted octanol–water partition coefficient (Wildman–Crippen LogP) is 3.65. The van der Waals surface area contributed by atoms with Crippen LogP contribution in [0.4, 0.5) is 0 Å². The number of methoxy groups -OCH3 is 1. The van der Waals surface area contributed by atoms with Crippen LogP contribution in [0.25, 0.3) is 5.76 Å². The van der Waals surface area contributed by atoms with Gasteiger partial charge in [-0.2, -0.15) is 0 Å². The molecule has 0 radical (unpaired) electrons. The standard InChI is InChI=1S/C25H29NO7/c1-4-12-33-18-8-6-7-17(14-18)23(28)21-22(26(11-13-31-3)25(30)24(21)29)16-9-10-19(27)20(15-16)32-5-2/h6-10,14-15,22,27-28H,4-5,11-13H2,1-3H3/b23-21-. The van der Waals surface area contributed by atoms with E-state index in [4.69, 9.17) is 14.2 Å². The predicted molar refractivity (Wildman–Crippen MR) is 122 cm³/mol. The number of aliphatic hydroxyl groups is 1. The fraction of sp³-hybridized carbons (Fsp3) is 0.360. The van der Waals surface area contributed by atoms with E-state index in [0.29, 0.717) is 30.1 Å². The van der Waals surface area contributed by atoms with Gasteiger partial charge in [-0.15, -0.1) is 0 Å². The number of likely N-dealkylation sites (tertiary alicyclic amines) is 1. The zero-order valence-electron chi connectivity index (χ0n) is 19.0. The van der Waals surface area contributed by atoms with Gasteiger partial charge in [0.25, 0.3) is 11.7 Å². The number of nitrogens with zero attached hydrogens (tertiary/aromatic N) is 1. The molecule has 8 heteroatoms. The number of carbonyl (C=O) groups excluding carboxylic acids is 2. The molecule has 3 rings (SSSR count). The van der Waals surface area contributed by atoms with Gasteiger partial charge in [-0.1, -0.05) is 25.1 Å². The van der Waals surface area contributed by atoms with Crippen LogP contribution < -0.4 is 9.47 Å². The van der Waals surface area contributed by atoms with E-state index in [9.17, 15) is 19.8 Å². The third-order valence-corrected chi connectivity index (χ3v) is 5.26. The van der Waals surface area contributed by atoms with Crippen molar-refractivity contribution < 1.29 is 34.0 Å². The molecule has 0 spiro atoms. The van der Waals surface area contributed by atoms with Gasteiger partial charge in [0.1, 0.15) is 11.5 Å². The molecule has 0 bridgehead atoms. The SMILES string of the molecule is CCCOc1cccc(/C(O)=C2/C(=O)C(=O)N(CCOC)C2c2ccc(O)c(OCC)c2)c1. The molecule has 1 heterocycles. The molecule has 0 aliphatic carbocycles. The molecule has 2 aromatic carbocycles. The summed E-state index contributed by atoms with van der Waals surface area (Å²) in [5, 5.41) is 21.3. The zero-order valence-corrected chi connectivity index (χ0v) is 19.0. The normalized spacial score (nSPS) is 17.4. The first-order chi connectivity index (χ1) is 15.9. The van der Waals surface area contributed by atoms with Gasteiger partial charge in [0.05, 0.1) is 31.4 Å². The second-order valence-electron chi connectivity index (χ2n) is 7.52. The second kappa shape index (κ2) is 10.9. The minimum absolute atomic E-state index is 0.0446. The average Bonchev–Trinajstić information content (AvgIpc) is 3.07. The van der Waals surface area contributed by atoms with E-state index >= 15 is 0 Å². The molecule has 1 fully saturated rings. The number of benzene rings is 2. The van der Waals surface area contributed by atoms with Crippen molar-refractivity contribution in [2.45, 2.75) is 26.3 Å². The summed E-state index contributed by atoms with van der Waals surface area (Å²) in [7, 11) is 1.50. The van der Waals surface area contributed by atoms with E-state index in [2.05, 4.69) is 0 Å². The number of Topliss-reactive ketones (excluding diaryl/α,β-unsaturated/α-hetero) is 1. The van der Waals surface area contributed by atoms with E-state index in [0.717, 1.165) is 6.42 Å². The number of rotatable bonds is 10. The van der Waals surface area contributed by atoms with Gasteiger partial charge in [0.15, 0.2) is 11.5 Å². The largest absolute Gasteiger partial charge is 0.507 e. The molecule has 1 aliphatic heterocycles. The Morgan fingerprint density at radius 2 is 1.85 bits per heavy atom. The van der Waals surface area contributed by atoms with Crippen LogP contribution in [-0.2, 0) is 14.3 Å². The Balaban J connectivity index is 2.14. The number of aliphatic hydroxyl groups excluding tert-OH is 1. The first-order valence-electron chi connectivity index (χ1n) is 10.9. The van der Waals surface area contributed by atoms with Crippen molar-refractivity contribution in [3.05, 3.63) is 59.2 Å². The van der Waals surface area contributed by atoms with Gasteiger partial charge in [-0.05, 0) is 43.2 Å². The summed E-state index contributed by atoms with van der Waals surface area (Å²) in [6, 6.07) is 10.5. The van der Waals surface area contributed by atoms with E-state index < -0.39 is 17.7 Å². The topological polar surface area (TPSA) is 106 Å². The number of hydrogen-bond acceptors (Lipinski definition) is 7. The van der Waals surface area contributed by atoms with Crippen molar-refractivity contribution >= 4 is 17.4 Å². The number of aromatic hydroxyl groups is 1. The Kier molecular flexibility index (Phi) is 7.95. The van der Waals surface area contributed by atoms with E-state index in [1.54, 1.807) is 43.3 Å². The van der Waals surface area contributed by atoms with Gasteiger partial charge >= 0.3 is 0 Å². The fourth-order valence-corrected chi connectivity index (χ4v) is 3.73. The average molecular weight is 456 g/mol. The van der Waals surface area contributed by atoms with Crippen molar-refractivity contribution in [1.29, 1.82) is 0 Å². The molecular formula is C25H29NO7. The molecule has 0 aromatic heterocycles. The van der Waals surface area contributed by atoms with E-state index in [1.165, 1.54) is 18.1 Å². The molecule has 1 saturated heterocycles. The van der Waals surface area contributed by atoms with Crippen LogP contribution in [-0.4, -0.2) is 60.3 Å². The number of hydrogen-bond donors (Lipinski definition) is 2. The highest BCUT2D eigenvalue weighted by Gasteiger charge is 2.46. The van der Waals surface area contributed by atoms with Crippen LogP contribution in [0.1, 0.15) is 37.4 Å². The lowest BCUT2D eigenvalue weighted by Gasteiger charge is -2.25. The van der Waals surface area contributed by atoms with Crippen molar-refractivity contribution in [3.63, 3.8) is 0 Å². The molecule has 1 atom stereocenters. The maximum Gasteiger partial charge on any atom is 0.295 e. The Morgan fingerprint density at radius 1 is 1.06 bits per heavy atom. The van der Waals surface area contributed by atoms with Crippen LogP contribution >= 0.6 is 0 Å². The third kappa shape index (κ3) is 5.12. The molecule has 1 unspecified atom stereocenters. The third-order valence-electron chi connectivity index (χ3n) is 5.26. The maximum atomic E-state index is 13.1. The number of ketones is 1. The summed E-state index contributed by atoms with van der Waals surface area (Å²) in [6.45, 7) is 4.96. The number of carbonyl (C=O) groups is 2. The zero-order chi connectivity index (χ0) is 24.0. The van der Waals surface area contributed by atoms with Crippen LogP contribution in [0.2, 0.25) is 0 Å². The number of phenols is 1. The second-order valence-corrected chi connectivity index (χ2v) is 7.52. The molecule has 0 saturated carbocycles. The van der Waals surface area contributed by atoms with Crippen molar-refractivity contribution in [2.75, 3.05) is 33.5 Å². The van der Waals surface area contributed by atoms with Crippen LogP contribution in [0.3, 0.4) is 0 Å². The number of amides is 1. The van der Waals surface area contributed by atoms with Crippen molar-refractivity contribution in [2.24, 2.45) is 0 Å². The summed E-state index contributed by atoms with van der Waals surface area (Å²) in [6.07, 6.45) is 0.823. The lowest BCUT2D eigenvalue weighted by molar-refractivity contribution is -0.140. The molecule has 1 amide bonds. The van der Waals surface area contributed by atoms with Crippen molar-refractivity contribution in [3.8, 4) is 17.2 Å². The van der Waals surface area contributed by atoms with Crippen LogP contribution in [0, 0.1) is 0 Å². The fourth-order valence-electron chi connectivity index (χ4n) is 3.73. The summed E-state index contributed by atoms with van der Waals surface area (Å²) >= 11 is 0. The molecule has 2 N–H and O–H groups in total. The highest BCUT2D eigenvalue weighted by atomic mass is 16.5. The monoisotopic (exact) mass is 455 g/mol. The molecule has 2 aromatic rings. The van der Waals surface area contributed by atoms with Gasteiger partial charge in [0, 0.05) is 19.2 Å². The van der Waals surface area contributed by atoms with Gasteiger partial charge < -0.3 is 29.3 Å². The maximum absolute atomic E-state index is 13.1. The highest BCUT2D eigenvalue weighted by Crippen LogP contribution is 2.41. The smallest absolute Gasteiger partial charge is 0.295 e. The first-order valence-corrected chi connectivity index (χ1v) is 10.9. The Hall–Kier alpha value is -3.52. The van der Waals surface area contributed by atoms with Crippen molar-refractivity contribution in [1.82, 2.24) is 4.90 Å².